The van der Waals surface area contributed by atoms with Gasteiger partial charge in [-0.05, 0) is 37.1 Å². The van der Waals surface area contributed by atoms with Crippen LogP contribution in [0.3, 0.4) is 0 Å². The van der Waals surface area contributed by atoms with Gasteiger partial charge in [0, 0.05) is 29.7 Å². The first kappa shape index (κ1) is 15.8. The van der Waals surface area contributed by atoms with Gasteiger partial charge in [0.05, 0.1) is 25.9 Å². The van der Waals surface area contributed by atoms with Gasteiger partial charge in [-0.1, -0.05) is 6.07 Å². The molecular formula is C17H23N3O3. The number of nitrogens with one attached hydrogen (secondary N) is 3. The normalized spacial score (nSPS) is 18.1. The Bertz CT molecular complexity index is 690. The van der Waals surface area contributed by atoms with E-state index in [0.29, 0.717) is 32.9 Å². The van der Waals surface area contributed by atoms with Crippen LogP contribution in [-0.2, 0) is 16.0 Å². The minimum atomic E-state index is -0.193. The fourth-order valence-corrected chi connectivity index (χ4v) is 2.72. The number of rotatable bonds is 4. The minimum Gasteiger partial charge on any atom is -0.376 e. The molecule has 1 saturated heterocycles. The number of urea groups is 1. The fourth-order valence-electron chi connectivity index (χ4n) is 2.72. The van der Waals surface area contributed by atoms with E-state index >= 15 is 0 Å². The zero-order chi connectivity index (χ0) is 16.2. The highest BCUT2D eigenvalue weighted by Crippen LogP contribution is 2.22. The number of carbonyl (C=O) groups is 1. The maximum Gasteiger partial charge on any atom is 0.315 e. The van der Waals surface area contributed by atoms with Crippen molar-refractivity contribution in [1.82, 2.24) is 15.6 Å². The van der Waals surface area contributed by atoms with E-state index in [9.17, 15) is 4.79 Å². The van der Waals surface area contributed by atoms with Crippen LogP contribution in [0.2, 0.25) is 0 Å². The zero-order valence-corrected chi connectivity index (χ0v) is 13.6. The summed E-state index contributed by atoms with van der Waals surface area (Å²) < 4.78 is 10.8. The van der Waals surface area contributed by atoms with Gasteiger partial charge in [0.25, 0.3) is 0 Å². The molecule has 0 spiro atoms. The number of benzene rings is 1. The summed E-state index contributed by atoms with van der Waals surface area (Å²) in [5.41, 5.74) is 4.63. The molecule has 0 unspecified atom stereocenters. The summed E-state index contributed by atoms with van der Waals surface area (Å²) in [5, 5.41) is 6.89. The third-order valence-electron chi connectivity index (χ3n) is 4.20. The monoisotopic (exact) mass is 317 g/mol. The quantitative estimate of drug-likeness (QED) is 0.807. The molecule has 0 saturated carbocycles. The van der Waals surface area contributed by atoms with E-state index < -0.39 is 0 Å². The van der Waals surface area contributed by atoms with Crippen molar-refractivity contribution in [2.75, 3.05) is 26.4 Å². The summed E-state index contributed by atoms with van der Waals surface area (Å²) in [6, 6.07) is 6.00. The molecule has 3 rings (SSSR count). The smallest absolute Gasteiger partial charge is 0.315 e. The van der Waals surface area contributed by atoms with Crippen molar-refractivity contribution in [3.63, 3.8) is 0 Å². The van der Waals surface area contributed by atoms with Gasteiger partial charge in [0.2, 0.25) is 0 Å². The standard InChI is InChI=1S/C17H23N3O3/c1-11-12(2)20-16-4-3-13(7-15(11)16)8-18-17(21)19-9-14-10-22-5-6-23-14/h3-4,7,14,20H,5-6,8-10H2,1-2H3,(H2,18,19,21)/t14-/m1/s1. The Hall–Kier alpha value is -2.05. The van der Waals surface area contributed by atoms with E-state index in [1.165, 1.54) is 16.6 Å². The fraction of sp³-hybridized carbons (Fsp3) is 0.471. The van der Waals surface area contributed by atoms with Crippen LogP contribution in [0.1, 0.15) is 16.8 Å². The summed E-state index contributed by atoms with van der Waals surface area (Å²) in [6.07, 6.45) is -0.0590. The van der Waals surface area contributed by atoms with E-state index in [4.69, 9.17) is 9.47 Å². The Morgan fingerprint density at radius 1 is 1.30 bits per heavy atom. The van der Waals surface area contributed by atoms with Gasteiger partial charge in [0.15, 0.2) is 0 Å². The number of hydrogen-bond acceptors (Lipinski definition) is 3. The average Bonchev–Trinajstić information content (AvgIpc) is 2.86. The largest absolute Gasteiger partial charge is 0.376 e. The van der Waals surface area contributed by atoms with Crippen LogP contribution in [0.4, 0.5) is 4.79 Å². The van der Waals surface area contributed by atoms with Crippen molar-refractivity contribution in [3.05, 3.63) is 35.0 Å². The van der Waals surface area contributed by atoms with Crippen LogP contribution >= 0.6 is 0 Å². The number of amides is 2. The van der Waals surface area contributed by atoms with E-state index in [0.717, 1.165) is 11.1 Å². The number of H-pyrrole nitrogens is 1. The molecular weight excluding hydrogens is 294 g/mol. The molecule has 1 fully saturated rings. The van der Waals surface area contributed by atoms with Crippen molar-refractivity contribution in [1.29, 1.82) is 0 Å². The maximum absolute atomic E-state index is 11.9. The van der Waals surface area contributed by atoms with E-state index in [-0.39, 0.29) is 12.1 Å². The van der Waals surface area contributed by atoms with Gasteiger partial charge >= 0.3 is 6.03 Å². The summed E-state index contributed by atoms with van der Waals surface area (Å²) in [6.45, 7) is 6.87. The van der Waals surface area contributed by atoms with Gasteiger partial charge in [-0.3, -0.25) is 0 Å². The van der Waals surface area contributed by atoms with Crippen LogP contribution < -0.4 is 10.6 Å². The topological polar surface area (TPSA) is 75.4 Å². The molecule has 1 aliphatic heterocycles. The molecule has 0 radical (unpaired) electrons. The molecule has 1 aromatic heterocycles. The third-order valence-corrected chi connectivity index (χ3v) is 4.20. The lowest BCUT2D eigenvalue weighted by Crippen LogP contribution is -2.43. The maximum atomic E-state index is 11.9. The van der Waals surface area contributed by atoms with Gasteiger partial charge < -0.3 is 25.1 Å². The Morgan fingerprint density at radius 2 is 2.17 bits per heavy atom. The second-order valence-corrected chi connectivity index (χ2v) is 5.89. The van der Waals surface area contributed by atoms with E-state index in [1.54, 1.807) is 0 Å². The number of carbonyl (C=O) groups excluding carboxylic acids is 1. The van der Waals surface area contributed by atoms with Crippen LogP contribution in [0.15, 0.2) is 18.2 Å². The highest BCUT2D eigenvalue weighted by atomic mass is 16.6. The zero-order valence-electron chi connectivity index (χ0n) is 13.6. The van der Waals surface area contributed by atoms with Gasteiger partial charge in [-0.25, -0.2) is 4.79 Å². The highest BCUT2D eigenvalue weighted by Gasteiger charge is 2.15. The van der Waals surface area contributed by atoms with E-state index in [2.05, 4.69) is 41.6 Å². The Balaban J connectivity index is 1.51. The second kappa shape index (κ2) is 7.02. The molecule has 6 nitrogen and oxygen atoms in total. The first-order valence-electron chi connectivity index (χ1n) is 7.92. The van der Waals surface area contributed by atoms with Crippen molar-refractivity contribution < 1.29 is 14.3 Å². The molecule has 2 heterocycles. The molecule has 23 heavy (non-hydrogen) atoms. The Labute approximate surface area is 135 Å². The van der Waals surface area contributed by atoms with Crippen LogP contribution in [0, 0.1) is 13.8 Å². The summed E-state index contributed by atoms with van der Waals surface area (Å²) in [4.78, 5) is 15.2. The lowest BCUT2D eigenvalue weighted by atomic mass is 10.1. The minimum absolute atomic E-state index is 0.0590. The lowest BCUT2D eigenvalue weighted by molar-refractivity contribution is -0.0853. The first-order valence-corrected chi connectivity index (χ1v) is 7.92. The molecule has 6 heteroatoms. The van der Waals surface area contributed by atoms with Crippen molar-refractivity contribution in [2.24, 2.45) is 0 Å². The van der Waals surface area contributed by atoms with Crippen LogP contribution in [-0.4, -0.2) is 43.5 Å². The van der Waals surface area contributed by atoms with Crippen molar-refractivity contribution in [2.45, 2.75) is 26.5 Å². The molecule has 1 atom stereocenters. The first-order chi connectivity index (χ1) is 11.1. The predicted molar refractivity (Wildman–Crippen MR) is 88.6 cm³/mol. The van der Waals surface area contributed by atoms with Crippen molar-refractivity contribution >= 4 is 16.9 Å². The molecule has 0 bridgehead atoms. The molecule has 3 N–H and O–H groups in total. The lowest BCUT2D eigenvalue weighted by Gasteiger charge is -2.23. The van der Waals surface area contributed by atoms with Crippen molar-refractivity contribution in [3.8, 4) is 0 Å². The third kappa shape index (κ3) is 3.83. The summed E-state index contributed by atoms with van der Waals surface area (Å²) in [7, 11) is 0. The van der Waals surface area contributed by atoms with Crippen LogP contribution in [0.5, 0.6) is 0 Å². The SMILES string of the molecule is Cc1[nH]c2ccc(CNC(=O)NC[C@@H]3COCCO3)cc2c1C. The molecule has 1 aliphatic rings. The Morgan fingerprint density at radius 3 is 2.96 bits per heavy atom. The molecule has 2 aromatic rings. The van der Waals surface area contributed by atoms with Gasteiger partial charge in [0.1, 0.15) is 0 Å². The second-order valence-electron chi connectivity index (χ2n) is 5.89. The number of aromatic nitrogens is 1. The van der Waals surface area contributed by atoms with Gasteiger partial charge in [-0.2, -0.15) is 0 Å². The number of ether oxygens (including phenoxy) is 2. The summed E-state index contributed by atoms with van der Waals surface area (Å²) in [5.74, 6) is 0. The Kier molecular flexibility index (Phi) is 4.83. The van der Waals surface area contributed by atoms with Gasteiger partial charge in [-0.15, -0.1) is 0 Å². The summed E-state index contributed by atoms with van der Waals surface area (Å²) >= 11 is 0. The average molecular weight is 317 g/mol. The number of hydrogen-bond donors (Lipinski definition) is 3. The van der Waals surface area contributed by atoms with Crippen LogP contribution in [0.25, 0.3) is 10.9 Å². The number of aromatic amines is 1. The molecule has 124 valence electrons. The highest BCUT2D eigenvalue weighted by molar-refractivity contribution is 5.85. The molecule has 0 aliphatic carbocycles. The molecule has 2 amide bonds. The van der Waals surface area contributed by atoms with E-state index in [1.807, 2.05) is 6.07 Å². The molecule has 1 aromatic carbocycles. The number of aryl methyl sites for hydroxylation is 2. The predicted octanol–water partition coefficient (Wildman–Crippen LogP) is 2.00. The number of fused-ring (bicyclic) bond motifs is 1.